The molecule has 0 saturated heterocycles. The predicted molar refractivity (Wildman–Crippen MR) is 78.4 cm³/mol. The summed E-state index contributed by atoms with van der Waals surface area (Å²) in [5, 5.41) is 3.64. The fourth-order valence-electron chi connectivity index (χ4n) is 2.50. The van der Waals surface area contributed by atoms with Crippen LogP contribution < -0.4 is 10.1 Å². The maximum absolute atomic E-state index is 5.43. The molecule has 0 fully saturated rings. The lowest BCUT2D eigenvalue weighted by atomic mass is 9.97. The number of hydrogen-bond donors (Lipinski definition) is 1. The van der Waals surface area contributed by atoms with Crippen LogP contribution in [0.2, 0.25) is 0 Å². The highest BCUT2D eigenvalue weighted by Gasteiger charge is 2.13. The Morgan fingerprint density at radius 3 is 2.17 bits per heavy atom. The van der Waals surface area contributed by atoms with E-state index in [1.54, 1.807) is 7.11 Å². The molecule has 0 heterocycles. The Balaban J connectivity index is 2.97. The van der Waals surface area contributed by atoms with Gasteiger partial charge in [0.15, 0.2) is 0 Å². The van der Waals surface area contributed by atoms with Gasteiger partial charge in [0.05, 0.1) is 7.11 Å². The minimum atomic E-state index is 0.471. The summed E-state index contributed by atoms with van der Waals surface area (Å²) in [5.41, 5.74) is 3.85. The molecule has 0 bridgehead atoms. The minimum absolute atomic E-state index is 0.471. The Bertz CT molecular complexity index is 350. The summed E-state index contributed by atoms with van der Waals surface area (Å²) in [6.07, 6.45) is 3.56. The van der Waals surface area contributed by atoms with E-state index in [0.717, 1.165) is 12.3 Å². The highest BCUT2D eigenvalue weighted by Crippen LogP contribution is 2.28. The number of hydrogen-bond acceptors (Lipinski definition) is 2. The summed E-state index contributed by atoms with van der Waals surface area (Å²) in [4.78, 5) is 0. The highest BCUT2D eigenvalue weighted by atomic mass is 16.5. The second-order valence-electron chi connectivity index (χ2n) is 4.98. The minimum Gasteiger partial charge on any atom is -0.496 e. The second-order valence-corrected chi connectivity index (χ2v) is 4.98. The van der Waals surface area contributed by atoms with Gasteiger partial charge in [-0.1, -0.05) is 32.4 Å². The maximum Gasteiger partial charge on any atom is 0.124 e. The number of rotatable bonds is 7. The summed E-state index contributed by atoms with van der Waals surface area (Å²) in [7, 11) is 1.74. The van der Waals surface area contributed by atoms with Crippen molar-refractivity contribution in [1.82, 2.24) is 5.32 Å². The van der Waals surface area contributed by atoms with Gasteiger partial charge in [0, 0.05) is 6.04 Å². The summed E-state index contributed by atoms with van der Waals surface area (Å²) in [6.45, 7) is 9.77. The summed E-state index contributed by atoms with van der Waals surface area (Å²) in [6, 6.07) is 4.99. The number of methoxy groups -OCH3 is 1. The van der Waals surface area contributed by atoms with E-state index in [2.05, 4.69) is 45.1 Å². The lowest BCUT2D eigenvalue weighted by Gasteiger charge is -2.20. The topological polar surface area (TPSA) is 21.3 Å². The molecule has 1 unspecified atom stereocenters. The van der Waals surface area contributed by atoms with E-state index in [1.165, 1.54) is 36.0 Å². The van der Waals surface area contributed by atoms with Crippen molar-refractivity contribution in [2.45, 2.75) is 53.0 Å². The molecule has 1 atom stereocenters. The quantitative estimate of drug-likeness (QED) is 0.783. The van der Waals surface area contributed by atoms with Crippen LogP contribution in [0.25, 0.3) is 0 Å². The molecule has 2 nitrogen and oxygen atoms in total. The molecule has 1 aromatic carbocycles. The molecule has 102 valence electrons. The van der Waals surface area contributed by atoms with Gasteiger partial charge in [0.1, 0.15) is 5.75 Å². The molecule has 0 aliphatic rings. The summed E-state index contributed by atoms with van der Waals surface area (Å²) in [5.74, 6) is 1.02. The zero-order chi connectivity index (χ0) is 13.5. The molecule has 0 radical (unpaired) electrons. The lowest BCUT2D eigenvalue weighted by molar-refractivity contribution is 0.407. The SMILES string of the molecule is CCCNC(CCC)c1cc(C)c(OC)c(C)c1. The van der Waals surface area contributed by atoms with Crippen LogP contribution in [0.1, 0.15) is 55.8 Å². The Morgan fingerprint density at radius 2 is 1.72 bits per heavy atom. The average molecular weight is 249 g/mol. The number of aryl methyl sites for hydroxylation is 2. The van der Waals surface area contributed by atoms with Crippen molar-refractivity contribution in [3.8, 4) is 5.75 Å². The molecule has 18 heavy (non-hydrogen) atoms. The fraction of sp³-hybridized carbons (Fsp3) is 0.625. The van der Waals surface area contributed by atoms with Crippen LogP contribution in [-0.4, -0.2) is 13.7 Å². The predicted octanol–water partition coefficient (Wildman–Crippen LogP) is 4.15. The van der Waals surface area contributed by atoms with Gasteiger partial charge >= 0.3 is 0 Å². The Kier molecular flexibility index (Phi) is 6.20. The van der Waals surface area contributed by atoms with Crippen molar-refractivity contribution in [3.05, 3.63) is 28.8 Å². The molecule has 0 aliphatic heterocycles. The fourth-order valence-corrected chi connectivity index (χ4v) is 2.50. The molecule has 1 aromatic rings. The van der Waals surface area contributed by atoms with Crippen molar-refractivity contribution >= 4 is 0 Å². The molecule has 0 aromatic heterocycles. The summed E-state index contributed by atoms with van der Waals surface area (Å²) < 4.78 is 5.43. The first-order valence-corrected chi connectivity index (χ1v) is 7.02. The number of ether oxygens (including phenoxy) is 1. The van der Waals surface area contributed by atoms with E-state index in [4.69, 9.17) is 4.74 Å². The van der Waals surface area contributed by atoms with Crippen LogP contribution in [0, 0.1) is 13.8 Å². The zero-order valence-electron chi connectivity index (χ0n) is 12.5. The maximum atomic E-state index is 5.43. The van der Waals surface area contributed by atoms with Crippen LogP contribution in [0.4, 0.5) is 0 Å². The first-order valence-electron chi connectivity index (χ1n) is 7.02. The molecule has 0 amide bonds. The Morgan fingerprint density at radius 1 is 1.11 bits per heavy atom. The van der Waals surface area contributed by atoms with Crippen molar-refractivity contribution < 1.29 is 4.74 Å². The first kappa shape index (κ1) is 15.0. The van der Waals surface area contributed by atoms with E-state index < -0.39 is 0 Å². The monoisotopic (exact) mass is 249 g/mol. The third kappa shape index (κ3) is 3.74. The van der Waals surface area contributed by atoms with E-state index in [1.807, 2.05) is 0 Å². The van der Waals surface area contributed by atoms with Gasteiger partial charge in [0.2, 0.25) is 0 Å². The molecule has 0 aliphatic carbocycles. The third-order valence-electron chi connectivity index (χ3n) is 3.31. The van der Waals surface area contributed by atoms with Crippen LogP contribution in [-0.2, 0) is 0 Å². The molecule has 1 N–H and O–H groups in total. The standard InChI is InChI=1S/C16H27NO/c1-6-8-15(17-9-7-2)14-10-12(3)16(18-5)13(4)11-14/h10-11,15,17H,6-9H2,1-5H3. The zero-order valence-corrected chi connectivity index (χ0v) is 12.5. The Labute approximate surface area is 112 Å². The third-order valence-corrected chi connectivity index (χ3v) is 3.31. The van der Waals surface area contributed by atoms with Crippen LogP contribution >= 0.6 is 0 Å². The number of benzene rings is 1. The van der Waals surface area contributed by atoms with Gasteiger partial charge in [-0.25, -0.2) is 0 Å². The van der Waals surface area contributed by atoms with E-state index in [-0.39, 0.29) is 0 Å². The molecule has 1 rings (SSSR count). The largest absolute Gasteiger partial charge is 0.496 e. The smallest absolute Gasteiger partial charge is 0.124 e. The highest BCUT2D eigenvalue weighted by molar-refractivity contribution is 5.44. The van der Waals surface area contributed by atoms with Gasteiger partial charge in [-0.2, -0.15) is 0 Å². The molecule has 2 heteroatoms. The van der Waals surface area contributed by atoms with Gasteiger partial charge < -0.3 is 10.1 Å². The van der Waals surface area contributed by atoms with Crippen LogP contribution in [0.15, 0.2) is 12.1 Å². The first-order chi connectivity index (χ1) is 8.63. The lowest BCUT2D eigenvalue weighted by Crippen LogP contribution is -2.22. The molecular weight excluding hydrogens is 222 g/mol. The van der Waals surface area contributed by atoms with Crippen molar-refractivity contribution in [1.29, 1.82) is 0 Å². The second kappa shape index (κ2) is 7.42. The van der Waals surface area contributed by atoms with Crippen molar-refractivity contribution in [2.24, 2.45) is 0 Å². The van der Waals surface area contributed by atoms with Crippen molar-refractivity contribution in [2.75, 3.05) is 13.7 Å². The molecule has 0 saturated carbocycles. The van der Waals surface area contributed by atoms with E-state index in [9.17, 15) is 0 Å². The average Bonchev–Trinajstić information content (AvgIpc) is 2.34. The van der Waals surface area contributed by atoms with E-state index in [0.29, 0.717) is 6.04 Å². The van der Waals surface area contributed by atoms with Gasteiger partial charge in [-0.05, 0) is 49.9 Å². The van der Waals surface area contributed by atoms with Crippen LogP contribution in [0.5, 0.6) is 5.75 Å². The van der Waals surface area contributed by atoms with Gasteiger partial charge in [-0.15, -0.1) is 0 Å². The van der Waals surface area contributed by atoms with Gasteiger partial charge in [-0.3, -0.25) is 0 Å². The van der Waals surface area contributed by atoms with E-state index >= 15 is 0 Å². The molecular formula is C16H27NO. The number of nitrogens with one attached hydrogen (secondary N) is 1. The van der Waals surface area contributed by atoms with Gasteiger partial charge in [0.25, 0.3) is 0 Å². The van der Waals surface area contributed by atoms with Crippen LogP contribution in [0.3, 0.4) is 0 Å². The summed E-state index contributed by atoms with van der Waals surface area (Å²) >= 11 is 0. The normalized spacial score (nSPS) is 12.5. The van der Waals surface area contributed by atoms with Crippen molar-refractivity contribution in [3.63, 3.8) is 0 Å². The Hall–Kier alpha value is -1.02. The molecule has 0 spiro atoms.